The number of nitrogens with one attached hydrogen (secondary N) is 1. The van der Waals surface area contributed by atoms with E-state index >= 15 is 0 Å². The standard InChI is InChI=1S/C15H19BrN2/c1-4-10(2)11(3)18-15-13-6-5-7-14(16)12(13)8-9-17-15/h5-11H,4H2,1-3H3,(H,17,18). The molecule has 0 radical (unpaired) electrons. The second-order valence-corrected chi connectivity index (χ2v) is 5.67. The fourth-order valence-corrected chi connectivity index (χ4v) is 2.49. The van der Waals surface area contributed by atoms with E-state index in [9.17, 15) is 0 Å². The lowest BCUT2D eigenvalue weighted by Crippen LogP contribution is -2.23. The van der Waals surface area contributed by atoms with Crippen LogP contribution in [0.15, 0.2) is 34.9 Å². The number of pyridine rings is 1. The molecule has 0 aliphatic carbocycles. The van der Waals surface area contributed by atoms with Crippen molar-refractivity contribution in [2.75, 3.05) is 5.32 Å². The second-order valence-electron chi connectivity index (χ2n) is 4.81. The molecule has 0 saturated heterocycles. The second kappa shape index (κ2) is 5.70. The molecule has 1 N–H and O–H groups in total. The van der Waals surface area contributed by atoms with Crippen LogP contribution in [-0.2, 0) is 0 Å². The monoisotopic (exact) mass is 306 g/mol. The fraction of sp³-hybridized carbons (Fsp3) is 0.400. The largest absolute Gasteiger partial charge is 0.367 e. The highest BCUT2D eigenvalue weighted by molar-refractivity contribution is 9.10. The Bertz CT molecular complexity index is 539. The van der Waals surface area contributed by atoms with Gasteiger partial charge in [0.25, 0.3) is 0 Å². The first-order valence-electron chi connectivity index (χ1n) is 6.43. The summed E-state index contributed by atoms with van der Waals surface area (Å²) in [5.41, 5.74) is 0. The third-order valence-corrected chi connectivity index (χ3v) is 4.31. The van der Waals surface area contributed by atoms with Crippen LogP contribution in [0, 0.1) is 5.92 Å². The van der Waals surface area contributed by atoms with Crippen LogP contribution in [0.25, 0.3) is 10.8 Å². The SMILES string of the molecule is CCC(C)C(C)Nc1nccc2c(Br)cccc12. The number of benzene rings is 1. The molecule has 96 valence electrons. The molecule has 0 spiro atoms. The zero-order valence-corrected chi connectivity index (χ0v) is 12.7. The Hall–Kier alpha value is -1.09. The molecule has 2 nitrogen and oxygen atoms in total. The number of halogens is 1. The van der Waals surface area contributed by atoms with E-state index in [1.54, 1.807) is 0 Å². The zero-order chi connectivity index (χ0) is 13.1. The smallest absolute Gasteiger partial charge is 0.134 e. The van der Waals surface area contributed by atoms with Gasteiger partial charge in [0.05, 0.1) is 0 Å². The molecule has 2 atom stereocenters. The summed E-state index contributed by atoms with van der Waals surface area (Å²) in [5, 5.41) is 5.90. The van der Waals surface area contributed by atoms with Crippen LogP contribution < -0.4 is 5.32 Å². The molecule has 3 heteroatoms. The van der Waals surface area contributed by atoms with Gasteiger partial charge in [0.2, 0.25) is 0 Å². The molecule has 1 aromatic heterocycles. The first-order valence-corrected chi connectivity index (χ1v) is 7.22. The van der Waals surface area contributed by atoms with Gasteiger partial charge in [-0.15, -0.1) is 0 Å². The topological polar surface area (TPSA) is 24.9 Å². The molecule has 18 heavy (non-hydrogen) atoms. The van der Waals surface area contributed by atoms with E-state index in [0.717, 1.165) is 10.3 Å². The first kappa shape index (κ1) is 13.3. The molecular formula is C15H19BrN2. The van der Waals surface area contributed by atoms with Crippen LogP contribution >= 0.6 is 15.9 Å². The Kier molecular flexibility index (Phi) is 4.23. The minimum atomic E-state index is 0.423. The highest BCUT2D eigenvalue weighted by Gasteiger charge is 2.12. The summed E-state index contributed by atoms with van der Waals surface area (Å²) in [6.45, 7) is 6.70. The molecule has 2 rings (SSSR count). The van der Waals surface area contributed by atoms with E-state index in [0.29, 0.717) is 12.0 Å². The molecule has 0 amide bonds. The summed E-state index contributed by atoms with van der Waals surface area (Å²) >= 11 is 3.58. The number of aromatic nitrogens is 1. The van der Waals surface area contributed by atoms with Gasteiger partial charge >= 0.3 is 0 Å². The molecule has 0 aliphatic heterocycles. The lowest BCUT2D eigenvalue weighted by atomic mass is 10.0. The van der Waals surface area contributed by atoms with Gasteiger partial charge in [0, 0.05) is 27.5 Å². The van der Waals surface area contributed by atoms with E-state index in [4.69, 9.17) is 0 Å². The van der Waals surface area contributed by atoms with Crippen LogP contribution in [-0.4, -0.2) is 11.0 Å². The van der Waals surface area contributed by atoms with Crippen molar-refractivity contribution in [3.8, 4) is 0 Å². The number of hydrogen-bond donors (Lipinski definition) is 1. The van der Waals surface area contributed by atoms with E-state index < -0.39 is 0 Å². The Labute approximate surface area is 117 Å². The van der Waals surface area contributed by atoms with E-state index in [2.05, 4.69) is 59.1 Å². The summed E-state index contributed by atoms with van der Waals surface area (Å²) in [7, 11) is 0. The molecule has 0 aliphatic rings. The third kappa shape index (κ3) is 2.66. The average Bonchev–Trinajstić information content (AvgIpc) is 2.39. The van der Waals surface area contributed by atoms with Crippen LogP contribution in [0.2, 0.25) is 0 Å². The number of hydrogen-bond acceptors (Lipinski definition) is 2. The maximum atomic E-state index is 4.47. The molecule has 0 bridgehead atoms. The van der Waals surface area contributed by atoms with E-state index in [1.165, 1.54) is 17.2 Å². The summed E-state index contributed by atoms with van der Waals surface area (Å²) in [4.78, 5) is 4.47. The third-order valence-electron chi connectivity index (χ3n) is 3.61. The summed E-state index contributed by atoms with van der Waals surface area (Å²) in [6, 6.07) is 8.68. The van der Waals surface area contributed by atoms with Gasteiger partial charge in [-0.25, -0.2) is 4.98 Å². The van der Waals surface area contributed by atoms with E-state index in [-0.39, 0.29) is 0 Å². The normalized spacial score (nSPS) is 14.4. The summed E-state index contributed by atoms with van der Waals surface area (Å²) in [6.07, 6.45) is 3.03. The maximum absolute atomic E-state index is 4.47. The van der Waals surface area contributed by atoms with Crippen molar-refractivity contribution in [1.29, 1.82) is 0 Å². The molecule has 0 saturated carbocycles. The number of nitrogens with zero attached hydrogens (tertiary/aromatic N) is 1. The maximum Gasteiger partial charge on any atom is 0.134 e. The van der Waals surface area contributed by atoms with Crippen molar-refractivity contribution in [3.63, 3.8) is 0 Å². The van der Waals surface area contributed by atoms with Crippen molar-refractivity contribution in [2.45, 2.75) is 33.2 Å². The zero-order valence-electron chi connectivity index (χ0n) is 11.1. The summed E-state index contributed by atoms with van der Waals surface area (Å²) in [5.74, 6) is 1.61. The molecule has 0 fully saturated rings. The molecule has 2 unspecified atom stereocenters. The first-order chi connectivity index (χ1) is 8.63. The van der Waals surface area contributed by atoms with Gasteiger partial charge in [0.15, 0.2) is 0 Å². The van der Waals surface area contributed by atoms with Gasteiger partial charge in [-0.05, 0) is 25.0 Å². The lowest BCUT2D eigenvalue weighted by molar-refractivity contribution is 0.494. The molecule has 2 aromatic rings. The van der Waals surface area contributed by atoms with Crippen molar-refractivity contribution in [2.24, 2.45) is 5.92 Å². The Morgan fingerprint density at radius 1 is 1.22 bits per heavy atom. The predicted octanol–water partition coefficient (Wildman–Crippen LogP) is 4.84. The van der Waals surface area contributed by atoms with Crippen molar-refractivity contribution >= 4 is 32.5 Å². The van der Waals surface area contributed by atoms with Crippen molar-refractivity contribution in [1.82, 2.24) is 4.98 Å². The molecular weight excluding hydrogens is 288 g/mol. The van der Waals surface area contributed by atoms with Gasteiger partial charge < -0.3 is 5.32 Å². The molecule has 1 heterocycles. The van der Waals surface area contributed by atoms with Crippen LogP contribution in [0.1, 0.15) is 27.2 Å². The number of rotatable bonds is 4. The minimum Gasteiger partial charge on any atom is -0.367 e. The van der Waals surface area contributed by atoms with Crippen molar-refractivity contribution in [3.05, 3.63) is 34.9 Å². The highest BCUT2D eigenvalue weighted by atomic mass is 79.9. The van der Waals surface area contributed by atoms with Gasteiger partial charge in [-0.3, -0.25) is 0 Å². The van der Waals surface area contributed by atoms with Crippen molar-refractivity contribution < 1.29 is 0 Å². The van der Waals surface area contributed by atoms with Gasteiger partial charge in [-0.2, -0.15) is 0 Å². The van der Waals surface area contributed by atoms with Crippen LogP contribution in [0.3, 0.4) is 0 Å². The Morgan fingerprint density at radius 3 is 2.72 bits per heavy atom. The molecule has 1 aromatic carbocycles. The Morgan fingerprint density at radius 2 is 2.00 bits per heavy atom. The fourth-order valence-electron chi connectivity index (χ4n) is 2.00. The van der Waals surface area contributed by atoms with Gasteiger partial charge in [0.1, 0.15) is 5.82 Å². The predicted molar refractivity (Wildman–Crippen MR) is 82.0 cm³/mol. The minimum absolute atomic E-state index is 0.423. The van der Waals surface area contributed by atoms with Crippen LogP contribution in [0.4, 0.5) is 5.82 Å². The average molecular weight is 307 g/mol. The lowest BCUT2D eigenvalue weighted by Gasteiger charge is -2.21. The van der Waals surface area contributed by atoms with Crippen LogP contribution in [0.5, 0.6) is 0 Å². The Balaban J connectivity index is 2.37. The number of anilines is 1. The number of fused-ring (bicyclic) bond motifs is 1. The van der Waals surface area contributed by atoms with E-state index in [1.807, 2.05) is 18.3 Å². The summed E-state index contributed by atoms with van der Waals surface area (Å²) < 4.78 is 1.11. The highest BCUT2D eigenvalue weighted by Crippen LogP contribution is 2.28. The quantitative estimate of drug-likeness (QED) is 0.874. The van der Waals surface area contributed by atoms with Gasteiger partial charge in [-0.1, -0.05) is 48.3 Å².